The van der Waals surface area contributed by atoms with E-state index in [1.807, 2.05) is 0 Å². The maximum atomic E-state index is 12.8. The molecule has 0 saturated carbocycles. The van der Waals surface area contributed by atoms with Crippen LogP contribution in [0.4, 0.5) is 0 Å². The molecule has 6 heteroatoms. The fourth-order valence-corrected chi connectivity index (χ4v) is 6.83. The maximum Gasteiger partial charge on any atom is 0.306 e. The molecule has 0 bridgehead atoms. The molecule has 0 radical (unpaired) electrons. The molecule has 6 nitrogen and oxygen atoms in total. The number of ether oxygens (including phenoxy) is 3. The molecule has 0 rings (SSSR count). The molecule has 0 amide bonds. The third kappa shape index (κ3) is 47.6. The van der Waals surface area contributed by atoms with Crippen LogP contribution in [0.5, 0.6) is 0 Å². The lowest BCUT2D eigenvalue weighted by Crippen LogP contribution is -2.30. The van der Waals surface area contributed by atoms with E-state index in [2.05, 4.69) is 106 Å². The van der Waals surface area contributed by atoms with Gasteiger partial charge in [0.2, 0.25) is 0 Å². The van der Waals surface area contributed by atoms with E-state index in [-0.39, 0.29) is 31.1 Å². The summed E-state index contributed by atoms with van der Waals surface area (Å²) in [6, 6.07) is 0. The maximum absolute atomic E-state index is 12.8. The van der Waals surface area contributed by atoms with Gasteiger partial charge in [-0.05, 0) is 89.9 Å². The lowest BCUT2D eigenvalue weighted by Gasteiger charge is -2.18. The Hall–Kier alpha value is -3.41. The van der Waals surface area contributed by atoms with Gasteiger partial charge in [-0.2, -0.15) is 0 Å². The third-order valence-corrected chi connectivity index (χ3v) is 10.7. The molecule has 0 spiro atoms. The summed E-state index contributed by atoms with van der Waals surface area (Å²) in [6.07, 6.45) is 64.2. The summed E-state index contributed by atoms with van der Waals surface area (Å²) in [6.45, 7) is 6.41. The first-order chi connectivity index (χ1) is 30.5. The van der Waals surface area contributed by atoms with E-state index in [0.29, 0.717) is 19.3 Å². The summed E-state index contributed by atoms with van der Waals surface area (Å²) in [5.74, 6) is -0.960. The van der Waals surface area contributed by atoms with Crippen LogP contribution in [0.2, 0.25) is 0 Å². The predicted molar refractivity (Wildman–Crippen MR) is 265 cm³/mol. The topological polar surface area (TPSA) is 78.9 Å². The number of carbonyl (C=O) groups excluding carboxylic acids is 3. The van der Waals surface area contributed by atoms with Gasteiger partial charge < -0.3 is 14.2 Å². The molecule has 0 aliphatic rings. The van der Waals surface area contributed by atoms with E-state index < -0.39 is 6.10 Å². The molecule has 0 heterocycles. The van der Waals surface area contributed by atoms with Gasteiger partial charge in [-0.1, -0.05) is 209 Å². The van der Waals surface area contributed by atoms with Gasteiger partial charge >= 0.3 is 17.9 Å². The SMILES string of the molecule is CC/C=C/C=C/C=C/CCCCCCCC(=O)OCC(COC(=O)CCCCC/C=C/C=C/CCCCCCCCC)OC(=O)CCCCCCCC/C=C/C=C/CCCCC. The van der Waals surface area contributed by atoms with Crippen LogP contribution in [0.25, 0.3) is 0 Å². The lowest BCUT2D eigenvalue weighted by molar-refractivity contribution is -0.167. The second kappa shape index (κ2) is 50.2. The highest BCUT2D eigenvalue weighted by atomic mass is 16.6. The number of hydrogen-bond acceptors (Lipinski definition) is 6. The molecule has 0 aromatic heterocycles. The Morgan fingerprint density at radius 3 is 1.03 bits per heavy atom. The van der Waals surface area contributed by atoms with E-state index in [1.165, 1.54) is 83.5 Å². The number of hydrogen-bond donors (Lipinski definition) is 0. The van der Waals surface area contributed by atoms with Crippen LogP contribution in [0, 0.1) is 0 Å². The highest BCUT2D eigenvalue weighted by Gasteiger charge is 2.19. The number of esters is 3. The molecule has 0 saturated heterocycles. The summed E-state index contributed by atoms with van der Waals surface area (Å²) in [4.78, 5) is 37.9. The van der Waals surface area contributed by atoms with E-state index >= 15 is 0 Å². The zero-order valence-electron chi connectivity index (χ0n) is 40.4. The number of rotatable bonds is 45. The molecular formula is C56H94O6. The molecule has 0 aliphatic heterocycles. The molecule has 0 fully saturated rings. The van der Waals surface area contributed by atoms with Crippen molar-refractivity contribution >= 4 is 17.9 Å². The zero-order valence-corrected chi connectivity index (χ0v) is 40.4. The Morgan fingerprint density at radius 1 is 0.339 bits per heavy atom. The Labute approximate surface area is 382 Å². The van der Waals surface area contributed by atoms with Crippen molar-refractivity contribution < 1.29 is 28.6 Å². The summed E-state index contributed by atoms with van der Waals surface area (Å²) in [5.41, 5.74) is 0. The quantitative estimate of drug-likeness (QED) is 0.0263. The summed E-state index contributed by atoms with van der Waals surface area (Å²) in [7, 11) is 0. The molecule has 354 valence electrons. The molecule has 0 aromatic carbocycles. The predicted octanol–water partition coefficient (Wildman–Crippen LogP) is 16.8. The van der Waals surface area contributed by atoms with Crippen molar-refractivity contribution in [3.05, 3.63) is 85.1 Å². The summed E-state index contributed by atoms with van der Waals surface area (Å²) < 4.78 is 16.7. The first-order valence-electron chi connectivity index (χ1n) is 25.7. The Morgan fingerprint density at radius 2 is 0.629 bits per heavy atom. The minimum Gasteiger partial charge on any atom is -0.462 e. The number of carbonyl (C=O) groups is 3. The van der Waals surface area contributed by atoms with Crippen LogP contribution in [-0.4, -0.2) is 37.2 Å². The van der Waals surface area contributed by atoms with Crippen LogP contribution in [-0.2, 0) is 28.6 Å². The minimum atomic E-state index is -0.802. The summed E-state index contributed by atoms with van der Waals surface area (Å²) in [5, 5.41) is 0. The van der Waals surface area contributed by atoms with E-state index in [9.17, 15) is 14.4 Å². The molecular weight excluding hydrogens is 769 g/mol. The van der Waals surface area contributed by atoms with Crippen molar-refractivity contribution in [3.63, 3.8) is 0 Å². The first kappa shape index (κ1) is 58.6. The van der Waals surface area contributed by atoms with Gasteiger partial charge in [-0.15, -0.1) is 0 Å². The van der Waals surface area contributed by atoms with Crippen molar-refractivity contribution in [2.24, 2.45) is 0 Å². The van der Waals surface area contributed by atoms with Crippen LogP contribution in [0.3, 0.4) is 0 Å². The van der Waals surface area contributed by atoms with Crippen LogP contribution in [0.1, 0.15) is 233 Å². The second-order valence-electron chi connectivity index (χ2n) is 16.8. The molecule has 62 heavy (non-hydrogen) atoms. The van der Waals surface area contributed by atoms with Gasteiger partial charge in [-0.25, -0.2) is 0 Å². The van der Waals surface area contributed by atoms with E-state index in [0.717, 1.165) is 109 Å². The van der Waals surface area contributed by atoms with Gasteiger partial charge in [0.1, 0.15) is 13.2 Å². The summed E-state index contributed by atoms with van der Waals surface area (Å²) >= 11 is 0. The van der Waals surface area contributed by atoms with Crippen molar-refractivity contribution in [2.45, 2.75) is 239 Å². The largest absolute Gasteiger partial charge is 0.462 e. The van der Waals surface area contributed by atoms with Gasteiger partial charge in [0.15, 0.2) is 6.10 Å². The van der Waals surface area contributed by atoms with Gasteiger partial charge in [-0.3, -0.25) is 14.4 Å². The average molecular weight is 863 g/mol. The first-order valence-corrected chi connectivity index (χ1v) is 25.7. The number of unbranched alkanes of at least 4 members (excludes halogenated alkanes) is 24. The Bertz CT molecular complexity index is 1220. The second-order valence-corrected chi connectivity index (χ2v) is 16.8. The smallest absolute Gasteiger partial charge is 0.306 e. The fourth-order valence-electron chi connectivity index (χ4n) is 6.83. The van der Waals surface area contributed by atoms with E-state index in [4.69, 9.17) is 14.2 Å². The molecule has 1 atom stereocenters. The van der Waals surface area contributed by atoms with Gasteiger partial charge in [0.05, 0.1) is 0 Å². The van der Waals surface area contributed by atoms with Crippen LogP contribution < -0.4 is 0 Å². The monoisotopic (exact) mass is 863 g/mol. The van der Waals surface area contributed by atoms with Crippen LogP contribution in [0.15, 0.2) is 85.1 Å². The standard InChI is InChI=1S/C56H94O6/c1-4-7-10-13-16-19-22-25-27-29-31-34-37-40-43-46-49-55(58)61-52-53(51-60-54(57)48-45-42-39-36-33-30-24-21-18-15-12-9-6-3)62-56(59)50-47-44-41-38-35-32-28-26-23-20-17-14-11-8-5-2/h9,12,15,17-18,20-21,23-24,26-27,29,31,34,53H,4-8,10-11,13-14,16,19,22,25,28,30,32-33,35-52H2,1-3H3/b12-9+,18-15+,20-17+,24-21+,26-23+,29-27+,34-31+. The van der Waals surface area contributed by atoms with Gasteiger partial charge in [0, 0.05) is 19.3 Å². The highest BCUT2D eigenvalue weighted by molar-refractivity contribution is 5.71. The van der Waals surface area contributed by atoms with Crippen molar-refractivity contribution in [1.29, 1.82) is 0 Å². The minimum absolute atomic E-state index is 0.101. The number of allylic oxidation sites excluding steroid dienone is 14. The highest BCUT2D eigenvalue weighted by Crippen LogP contribution is 2.13. The van der Waals surface area contributed by atoms with Crippen molar-refractivity contribution in [3.8, 4) is 0 Å². The Kier molecular flexibility index (Phi) is 47.5. The molecule has 1 unspecified atom stereocenters. The third-order valence-electron chi connectivity index (χ3n) is 10.7. The lowest BCUT2D eigenvalue weighted by atomic mass is 10.1. The average Bonchev–Trinajstić information content (AvgIpc) is 3.27. The van der Waals surface area contributed by atoms with Crippen molar-refractivity contribution in [1.82, 2.24) is 0 Å². The normalized spacial score (nSPS) is 12.8. The van der Waals surface area contributed by atoms with Crippen LogP contribution >= 0.6 is 0 Å². The van der Waals surface area contributed by atoms with E-state index in [1.54, 1.807) is 0 Å². The zero-order chi connectivity index (χ0) is 45.1. The fraction of sp³-hybridized carbons (Fsp3) is 0.696. The molecule has 0 aromatic rings. The Balaban J connectivity index is 4.48. The molecule has 0 aliphatic carbocycles. The molecule has 0 N–H and O–H groups in total. The van der Waals surface area contributed by atoms with Crippen molar-refractivity contribution in [2.75, 3.05) is 13.2 Å². The van der Waals surface area contributed by atoms with Gasteiger partial charge in [0.25, 0.3) is 0 Å².